The van der Waals surface area contributed by atoms with E-state index in [9.17, 15) is 102 Å². The third-order valence-corrected chi connectivity index (χ3v) is 19.8. The number of phenols is 1. The van der Waals surface area contributed by atoms with E-state index in [1.165, 1.54) is 38.1 Å². The average molecular weight is 1770 g/mol. The molecule has 0 radical (unpaired) electrons. The molecular weight excluding hydrogens is 1630 g/mol. The summed E-state index contributed by atoms with van der Waals surface area (Å²) in [6.07, 6.45) is -2.43. The highest BCUT2D eigenvalue weighted by atomic mass is 32.1. The number of aliphatic imine (C=N–C) groups is 2. The molecule has 122 heavy (non-hydrogen) atoms. The second-order valence-electron chi connectivity index (χ2n) is 31.3. The van der Waals surface area contributed by atoms with Gasteiger partial charge in [0.25, 0.3) is 0 Å². The Kier molecular flexibility index (Phi) is 50.7. The number of benzene rings is 1. The first kappa shape index (κ1) is 109. The van der Waals surface area contributed by atoms with Crippen LogP contribution in [0.25, 0.3) is 0 Å². The Morgan fingerprint density at radius 1 is 0.377 bits per heavy atom. The van der Waals surface area contributed by atoms with Crippen LogP contribution < -0.4 is 109 Å². The summed E-state index contributed by atoms with van der Waals surface area (Å²) in [7, 11) is 0. The number of phenolic OH excluding ortho intramolecular Hbond substituents is 1. The Labute approximate surface area is 721 Å². The molecule has 0 fully saturated rings. The molecule has 45 heteroatoms. The van der Waals surface area contributed by atoms with Gasteiger partial charge in [-0.25, -0.2) is 4.79 Å². The van der Waals surface area contributed by atoms with Gasteiger partial charge in [0.1, 0.15) is 90.3 Å². The first-order chi connectivity index (χ1) is 57.1. The Balaban J connectivity index is 3.69. The monoisotopic (exact) mass is 1760 g/mol. The highest BCUT2D eigenvalue weighted by molar-refractivity contribution is 7.80. The van der Waals surface area contributed by atoms with Crippen LogP contribution in [0.3, 0.4) is 0 Å². The number of hydrogen-bond donors (Lipinski definition) is 26. The number of amides is 14. The molecule has 0 saturated heterocycles. The van der Waals surface area contributed by atoms with Crippen molar-refractivity contribution in [3.8, 4) is 5.75 Å². The molecule has 0 aliphatic carbocycles. The third-order valence-electron chi connectivity index (χ3n) is 19.1. The van der Waals surface area contributed by atoms with Gasteiger partial charge in [0.15, 0.2) is 11.9 Å². The molecule has 0 saturated carbocycles. The van der Waals surface area contributed by atoms with Gasteiger partial charge in [0.05, 0.1) is 6.04 Å². The van der Waals surface area contributed by atoms with Crippen LogP contribution in [0.1, 0.15) is 179 Å². The van der Waals surface area contributed by atoms with Crippen LogP contribution in [0.5, 0.6) is 5.75 Å². The van der Waals surface area contributed by atoms with Crippen LogP contribution in [0.4, 0.5) is 0 Å². The van der Waals surface area contributed by atoms with Crippen LogP contribution >= 0.6 is 25.3 Å². The topological polar surface area (TPSA) is 720 Å². The van der Waals surface area contributed by atoms with E-state index < -0.39 is 240 Å². The van der Waals surface area contributed by atoms with E-state index in [-0.39, 0.29) is 119 Å². The predicted octanol–water partition coefficient (Wildman–Crippen LogP) is -4.55. The van der Waals surface area contributed by atoms with Gasteiger partial charge in [-0.3, -0.25) is 86.7 Å². The van der Waals surface area contributed by atoms with Crippen molar-refractivity contribution in [3.63, 3.8) is 0 Å². The maximum absolute atomic E-state index is 14.6. The Hall–Kier alpha value is -10.8. The number of unbranched alkanes of at least 4 members (excludes halogenated alkanes) is 1. The zero-order valence-corrected chi connectivity index (χ0v) is 73.3. The standard InChI is InChI=1S/C77H132N22O21S2/c1-13-41(10)60(74(118)94-51(32-37(2)3)68(112)89-48(20-17-31-85-77(82)83)65(109)95-54(35-121)71(115)86-43(12)62(106)98-59(40(8)9)75(119)120)99-70(114)52(33-38(4)5)93-72(116)55(36-122)96-64(108)47(19-14-15-29-78)88-66(110)49(25-27-56(101)102)90-67(111)50(26-28-57(103)104)91-69(113)53(34-44-21-23-45(100)24-22-44)92-61(105)42(11)87-73(117)58(39(6)7)97-63(107)46(79)18-16-30-84-76(80)81/h21-24,37-43,46-55,58-60,100,121-122H,13-20,25-36,78-79H2,1-12H3,(H,86,115)(H,87,117)(H,88,110)(H,89,112)(H,90,111)(H,91,113)(H,92,105)(H,93,116)(H,94,118)(H,95,109)(H,96,108)(H,97,107)(H,98,106)(H,99,114)(H,101,102)(H,103,104)(H,119,120)(H4,80,81,84)(H4,82,83,85)/t41-,42-,43-,46-,47-,48-,49-,50-,51-,52-,53-,54-,55-,58-,59-,60-/m0/s1. The van der Waals surface area contributed by atoms with E-state index in [0.717, 1.165) is 0 Å². The molecule has 14 amide bonds. The van der Waals surface area contributed by atoms with Crippen LogP contribution in [0, 0.1) is 29.6 Å². The van der Waals surface area contributed by atoms with Crippen molar-refractivity contribution >= 4 is 138 Å². The maximum Gasteiger partial charge on any atom is 0.326 e. The maximum atomic E-state index is 14.6. The van der Waals surface area contributed by atoms with E-state index in [1.807, 2.05) is 0 Å². The van der Waals surface area contributed by atoms with Gasteiger partial charge in [-0.05, 0) is 138 Å². The molecule has 1 rings (SSSR count). The summed E-state index contributed by atoms with van der Waals surface area (Å²) in [5.74, 6) is -21.1. The second-order valence-corrected chi connectivity index (χ2v) is 32.1. The molecule has 1 aromatic rings. The summed E-state index contributed by atoms with van der Waals surface area (Å²) >= 11 is 8.57. The minimum absolute atomic E-state index is 0.00772. The number of carboxylic acids is 3. The Morgan fingerprint density at radius 3 is 1.11 bits per heavy atom. The number of hydrogen-bond acceptors (Lipinski definition) is 24. The molecule has 0 spiro atoms. The SMILES string of the molecule is CC[C@H](C)[C@H](NC(=O)[C@H](CC(C)C)NC(=O)[C@H](CS)NC(=O)[C@H](CCCCN)NC(=O)[C@H](CCC(=O)O)NC(=O)[C@H](CCC(=O)O)NC(=O)[C@H](Cc1ccc(O)cc1)NC(=O)[C@H](C)NC(=O)[C@@H](NC(=O)[C@@H](N)CCCN=C(N)N)C(C)C)C(=O)N[C@@H](CC(C)C)C(=O)N[C@@H](CCCN=C(N)N)C(=O)N[C@@H](CS)C(=O)N[C@@H](C)C(=O)N[C@H](C(=O)O)C(C)C. The molecule has 688 valence electrons. The first-order valence-electron chi connectivity index (χ1n) is 40.6. The van der Waals surface area contributed by atoms with Crippen molar-refractivity contribution in [1.82, 2.24) is 74.4 Å². The van der Waals surface area contributed by atoms with E-state index in [1.54, 1.807) is 69.2 Å². The van der Waals surface area contributed by atoms with Crippen molar-refractivity contribution in [1.29, 1.82) is 0 Å². The van der Waals surface area contributed by atoms with Crippen molar-refractivity contribution in [2.24, 2.45) is 74.0 Å². The molecule has 0 aliphatic heterocycles. The minimum atomic E-state index is -1.86. The smallest absolute Gasteiger partial charge is 0.326 e. The fourth-order valence-electron chi connectivity index (χ4n) is 11.9. The lowest BCUT2D eigenvalue weighted by molar-refractivity contribution is -0.143. The summed E-state index contributed by atoms with van der Waals surface area (Å²) in [4.78, 5) is 241. The number of carboxylic acid groups (broad SMARTS) is 3. The quantitative estimate of drug-likeness (QED) is 0.0126. The molecule has 0 bridgehead atoms. The van der Waals surface area contributed by atoms with Crippen molar-refractivity contribution in [2.75, 3.05) is 31.1 Å². The van der Waals surface area contributed by atoms with Gasteiger partial charge in [0.2, 0.25) is 82.7 Å². The summed E-state index contributed by atoms with van der Waals surface area (Å²) < 4.78 is 0. The van der Waals surface area contributed by atoms with Crippen LogP contribution in [0.2, 0.25) is 0 Å². The molecule has 1 aromatic carbocycles. The first-order valence-corrected chi connectivity index (χ1v) is 41.9. The van der Waals surface area contributed by atoms with Crippen molar-refractivity contribution < 1.29 is 102 Å². The van der Waals surface area contributed by atoms with Gasteiger partial charge in [-0.15, -0.1) is 0 Å². The summed E-state index contributed by atoms with van der Waals surface area (Å²) in [5.41, 5.74) is 34.0. The normalized spacial score (nSPS) is 15.1. The number of carbonyl (C=O) groups is 17. The number of guanidine groups is 2. The molecule has 0 aliphatic rings. The van der Waals surface area contributed by atoms with Crippen LogP contribution in [-0.4, -0.2) is 255 Å². The zero-order valence-electron chi connectivity index (χ0n) is 71.5. The summed E-state index contributed by atoms with van der Waals surface area (Å²) in [6, 6.07) is -16.5. The zero-order chi connectivity index (χ0) is 93.0. The average Bonchev–Trinajstić information content (AvgIpc) is 0.848. The third kappa shape index (κ3) is 42.1. The van der Waals surface area contributed by atoms with Gasteiger partial charge in [-0.1, -0.05) is 87.8 Å². The summed E-state index contributed by atoms with van der Waals surface area (Å²) in [6.45, 7) is 19.5. The van der Waals surface area contributed by atoms with Crippen LogP contribution in [-0.2, 0) is 87.9 Å². The number of carbonyl (C=O) groups excluding carboxylic acids is 14. The van der Waals surface area contributed by atoms with Gasteiger partial charge < -0.3 is 129 Å². The highest BCUT2D eigenvalue weighted by Crippen LogP contribution is 2.18. The van der Waals surface area contributed by atoms with E-state index in [2.05, 4.69) is 110 Å². The molecular formula is C77H132N22O21S2. The van der Waals surface area contributed by atoms with E-state index in [4.69, 9.17) is 34.4 Å². The number of thiol groups is 2. The fraction of sp³-hybridized carbons (Fsp3) is 0.675. The summed E-state index contributed by atoms with van der Waals surface area (Å²) in [5, 5.41) is 74.7. The molecule has 0 unspecified atom stereocenters. The number of nitrogens with two attached hydrogens (primary N) is 6. The lowest BCUT2D eigenvalue weighted by atomic mass is 9.95. The number of nitrogens with one attached hydrogen (secondary N) is 14. The predicted molar refractivity (Wildman–Crippen MR) is 458 cm³/mol. The molecule has 43 nitrogen and oxygen atoms in total. The van der Waals surface area contributed by atoms with Gasteiger partial charge in [-0.2, -0.15) is 25.3 Å². The number of aliphatic carboxylic acids is 3. The second kappa shape index (κ2) is 56.7. The van der Waals surface area contributed by atoms with Crippen molar-refractivity contribution in [2.45, 2.75) is 270 Å². The highest BCUT2D eigenvalue weighted by Gasteiger charge is 2.40. The number of aromatic hydroxyl groups is 1. The van der Waals surface area contributed by atoms with Gasteiger partial charge >= 0.3 is 17.9 Å². The molecule has 30 N–H and O–H groups in total. The number of rotatable bonds is 59. The Bertz CT molecular complexity index is 3720. The molecule has 0 aromatic heterocycles. The van der Waals surface area contributed by atoms with E-state index in [0.29, 0.717) is 12.0 Å². The fourth-order valence-corrected chi connectivity index (χ4v) is 12.4. The van der Waals surface area contributed by atoms with E-state index >= 15 is 0 Å². The largest absolute Gasteiger partial charge is 0.508 e. The minimum Gasteiger partial charge on any atom is -0.508 e. The Morgan fingerprint density at radius 2 is 0.705 bits per heavy atom. The molecule has 0 heterocycles. The lowest BCUT2D eigenvalue weighted by Gasteiger charge is -2.30. The number of nitrogens with zero attached hydrogens (tertiary/aromatic N) is 2. The van der Waals surface area contributed by atoms with Gasteiger partial charge in [0, 0.05) is 43.9 Å². The van der Waals surface area contributed by atoms with Crippen LogP contribution in [0.15, 0.2) is 34.3 Å². The molecule has 16 atom stereocenters. The van der Waals surface area contributed by atoms with Crippen molar-refractivity contribution in [3.05, 3.63) is 29.8 Å². The lowest BCUT2D eigenvalue weighted by Crippen LogP contribution is -2.62.